The second kappa shape index (κ2) is 18.0. The van der Waals surface area contributed by atoms with Gasteiger partial charge < -0.3 is 9.84 Å². The third kappa shape index (κ3) is 13.2. The molecule has 0 spiro atoms. The van der Waals surface area contributed by atoms with Gasteiger partial charge in [0.15, 0.2) is 0 Å². The highest BCUT2D eigenvalue weighted by atomic mass is 16.5. The van der Waals surface area contributed by atoms with Crippen LogP contribution in [0, 0.1) is 0 Å². The van der Waals surface area contributed by atoms with E-state index in [1.54, 1.807) is 6.92 Å². The molecule has 1 rings (SSSR count). The molecule has 0 saturated heterocycles. The van der Waals surface area contributed by atoms with Crippen molar-refractivity contribution in [1.82, 2.24) is 0 Å². The summed E-state index contributed by atoms with van der Waals surface area (Å²) >= 11 is 0. The van der Waals surface area contributed by atoms with Crippen LogP contribution in [-0.4, -0.2) is 11.7 Å². The molecule has 0 aliphatic heterocycles. The lowest BCUT2D eigenvalue weighted by Crippen LogP contribution is -2.02. The topological polar surface area (TPSA) is 29.5 Å². The van der Waals surface area contributed by atoms with Crippen molar-refractivity contribution in [3.8, 4) is 5.75 Å². The minimum atomic E-state index is -0.470. The molecular formula is C26H46O2. The van der Waals surface area contributed by atoms with Crippen molar-refractivity contribution < 1.29 is 9.84 Å². The molecule has 2 heteroatoms. The van der Waals surface area contributed by atoms with Crippen LogP contribution >= 0.6 is 0 Å². The van der Waals surface area contributed by atoms with Gasteiger partial charge in [-0.3, -0.25) is 0 Å². The lowest BCUT2D eigenvalue weighted by molar-refractivity contribution is 0.190. The number of unbranched alkanes of at least 4 members (excludes halogenated alkanes) is 15. The zero-order chi connectivity index (χ0) is 20.3. The molecule has 2 nitrogen and oxygen atoms in total. The Bertz CT molecular complexity index is 456. The largest absolute Gasteiger partial charge is 0.493 e. The van der Waals surface area contributed by atoms with Gasteiger partial charge in [-0.2, -0.15) is 0 Å². The fourth-order valence-corrected chi connectivity index (χ4v) is 3.79. The van der Waals surface area contributed by atoms with Crippen molar-refractivity contribution in [1.29, 1.82) is 0 Å². The van der Waals surface area contributed by atoms with Crippen molar-refractivity contribution in [2.75, 3.05) is 6.61 Å². The number of aliphatic hydroxyl groups excluding tert-OH is 1. The molecule has 0 heterocycles. The summed E-state index contributed by atoms with van der Waals surface area (Å²) in [4.78, 5) is 0. The molecule has 0 bridgehead atoms. The number of rotatable bonds is 19. The number of para-hydroxylation sites is 1. The zero-order valence-electron chi connectivity index (χ0n) is 18.8. The molecule has 28 heavy (non-hydrogen) atoms. The molecule has 0 aliphatic carbocycles. The van der Waals surface area contributed by atoms with Gasteiger partial charge in [-0.25, -0.2) is 0 Å². The lowest BCUT2D eigenvalue weighted by Gasteiger charge is -2.13. The molecule has 1 N–H and O–H groups in total. The van der Waals surface area contributed by atoms with Crippen molar-refractivity contribution in [3.05, 3.63) is 29.8 Å². The molecule has 1 aromatic rings. The maximum atomic E-state index is 9.77. The van der Waals surface area contributed by atoms with Crippen LogP contribution in [0.4, 0.5) is 0 Å². The number of hydrogen-bond donors (Lipinski definition) is 1. The highest BCUT2D eigenvalue weighted by Crippen LogP contribution is 2.24. The SMILES string of the molecule is CCCCCCCCCCCCCCCCCCOc1ccccc1C(C)O. The van der Waals surface area contributed by atoms with Crippen LogP contribution in [0.5, 0.6) is 5.75 Å². The van der Waals surface area contributed by atoms with Crippen LogP contribution in [-0.2, 0) is 0 Å². The molecule has 0 aromatic heterocycles. The maximum Gasteiger partial charge on any atom is 0.125 e. The van der Waals surface area contributed by atoms with Crippen LogP contribution in [0.1, 0.15) is 128 Å². The van der Waals surface area contributed by atoms with Crippen LogP contribution in [0.15, 0.2) is 24.3 Å². The van der Waals surface area contributed by atoms with E-state index in [4.69, 9.17) is 4.74 Å². The summed E-state index contributed by atoms with van der Waals surface area (Å²) in [6.07, 6.45) is 21.7. The molecule has 0 amide bonds. The normalized spacial score (nSPS) is 12.2. The molecule has 1 aromatic carbocycles. The third-order valence-corrected chi connectivity index (χ3v) is 5.62. The smallest absolute Gasteiger partial charge is 0.125 e. The van der Waals surface area contributed by atoms with E-state index in [1.807, 2.05) is 24.3 Å². The Hall–Kier alpha value is -1.02. The van der Waals surface area contributed by atoms with E-state index in [0.717, 1.165) is 24.3 Å². The van der Waals surface area contributed by atoms with Gasteiger partial charge in [0.1, 0.15) is 5.75 Å². The minimum absolute atomic E-state index is 0.470. The summed E-state index contributed by atoms with van der Waals surface area (Å²) in [7, 11) is 0. The number of benzene rings is 1. The Morgan fingerprint density at radius 2 is 1.11 bits per heavy atom. The first kappa shape index (κ1) is 25.0. The summed E-state index contributed by atoms with van der Waals surface area (Å²) in [5.41, 5.74) is 0.888. The fourth-order valence-electron chi connectivity index (χ4n) is 3.79. The third-order valence-electron chi connectivity index (χ3n) is 5.62. The number of ether oxygens (including phenoxy) is 1. The van der Waals surface area contributed by atoms with Crippen molar-refractivity contribution in [2.24, 2.45) is 0 Å². The second-order valence-electron chi connectivity index (χ2n) is 8.37. The summed E-state index contributed by atoms with van der Waals surface area (Å²) in [6.45, 7) is 4.83. The van der Waals surface area contributed by atoms with Gasteiger partial charge in [-0.05, 0) is 19.4 Å². The molecular weight excluding hydrogens is 344 g/mol. The Morgan fingerprint density at radius 1 is 0.679 bits per heavy atom. The average Bonchev–Trinajstić information content (AvgIpc) is 2.70. The Morgan fingerprint density at radius 3 is 1.57 bits per heavy atom. The Labute approximate surface area is 175 Å². The second-order valence-corrected chi connectivity index (χ2v) is 8.37. The van der Waals surface area contributed by atoms with Gasteiger partial charge in [0.2, 0.25) is 0 Å². The van der Waals surface area contributed by atoms with E-state index in [-0.39, 0.29) is 0 Å². The van der Waals surface area contributed by atoms with Crippen LogP contribution < -0.4 is 4.74 Å². The number of hydrogen-bond acceptors (Lipinski definition) is 2. The van der Waals surface area contributed by atoms with E-state index >= 15 is 0 Å². The minimum Gasteiger partial charge on any atom is -0.493 e. The Balaban J connectivity index is 1.83. The van der Waals surface area contributed by atoms with Crippen molar-refractivity contribution in [3.63, 3.8) is 0 Å². The molecule has 1 atom stereocenters. The maximum absolute atomic E-state index is 9.77. The van der Waals surface area contributed by atoms with Gasteiger partial charge >= 0.3 is 0 Å². The summed E-state index contributed by atoms with van der Waals surface area (Å²) in [5.74, 6) is 0.832. The fraction of sp³-hybridized carbons (Fsp3) is 0.769. The average molecular weight is 391 g/mol. The number of aliphatic hydroxyl groups is 1. The van der Waals surface area contributed by atoms with E-state index < -0.39 is 6.10 Å². The molecule has 0 saturated carbocycles. The van der Waals surface area contributed by atoms with E-state index in [0.29, 0.717) is 0 Å². The van der Waals surface area contributed by atoms with E-state index in [1.165, 1.54) is 96.3 Å². The first-order valence-electron chi connectivity index (χ1n) is 12.2. The van der Waals surface area contributed by atoms with Crippen molar-refractivity contribution in [2.45, 2.75) is 123 Å². The molecule has 1 unspecified atom stereocenters. The first-order valence-corrected chi connectivity index (χ1v) is 12.2. The van der Waals surface area contributed by atoms with Crippen molar-refractivity contribution >= 4 is 0 Å². The van der Waals surface area contributed by atoms with Gasteiger partial charge in [-0.15, -0.1) is 0 Å². The predicted molar refractivity (Wildman–Crippen MR) is 122 cm³/mol. The van der Waals surface area contributed by atoms with Gasteiger partial charge in [0, 0.05) is 5.56 Å². The highest BCUT2D eigenvalue weighted by molar-refractivity contribution is 5.34. The quantitative estimate of drug-likeness (QED) is 0.240. The van der Waals surface area contributed by atoms with Gasteiger partial charge in [0.05, 0.1) is 12.7 Å². The Kier molecular flexibility index (Phi) is 16.1. The van der Waals surface area contributed by atoms with Crippen LogP contribution in [0.3, 0.4) is 0 Å². The zero-order valence-corrected chi connectivity index (χ0v) is 18.8. The highest BCUT2D eigenvalue weighted by Gasteiger charge is 2.07. The predicted octanol–water partition coefficient (Wildman–Crippen LogP) is 8.38. The van der Waals surface area contributed by atoms with Crippen LogP contribution in [0.2, 0.25) is 0 Å². The molecule has 0 aliphatic rings. The summed E-state index contributed by atoms with van der Waals surface area (Å²) in [6, 6.07) is 7.81. The van der Waals surface area contributed by atoms with Gasteiger partial charge in [-0.1, -0.05) is 121 Å². The first-order chi connectivity index (χ1) is 13.8. The lowest BCUT2D eigenvalue weighted by atomic mass is 10.0. The van der Waals surface area contributed by atoms with Crippen LogP contribution in [0.25, 0.3) is 0 Å². The van der Waals surface area contributed by atoms with Gasteiger partial charge in [0.25, 0.3) is 0 Å². The molecule has 162 valence electrons. The standard InChI is InChI=1S/C26H46O2/c1-3-4-5-6-7-8-9-10-11-12-13-14-15-16-17-20-23-28-26-22-19-18-21-25(26)24(2)27/h18-19,21-22,24,27H,3-17,20,23H2,1-2H3. The van der Waals surface area contributed by atoms with E-state index in [9.17, 15) is 5.11 Å². The van der Waals surface area contributed by atoms with E-state index in [2.05, 4.69) is 6.92 Å². The molecule has 0 radical (unpaired) electrons. The molecule has 0 fully saturated rings. The summed E-state index contributed by atoms with van der Waals surface area (Å²) in [5, 5.41) is 9.77. The summed E-state index contributed by atoms with van der Waals surface area (Å²) < 4.78 is 5.86. The monoisotopic (exact) mass is 390 g/mol.